The number of amides is 2. The number of carbonyl (C=O) groups is 1. The number of urea groups is 1. The Balaban J connectivity index is 1.77. The highest BCUT2D eigenvalue weighted by Gasteiger charge is 2.22. The number of carbonyl (C=O) groups excluding carboxylic acids is 1. The van der Waals surface area contributed by atoms with E-state index in [9.17, 15) is 9.00 Å². The van der Waals surface area contributed by atoms with Crippen LogP contribution in [0.4, 0.5) is 10.6 Å². The minimum atomic E-state index is -0.842. The SMILES string of the molecule is Cc1nccnc1N1CCN(C(=O)NCCC(C)S(C)=O)CC1. The van der Waals surface area contributed by atoms with Crippen molar-refractivity contribution in [3.05, 3.63) is 18.1 Å². The monoisotopic (exact) mass is 339 g/mol. The molecule has 8 heteroatoms. The molecule has 2 atom stereocenters. The molecule has 0 aliphatic carbocycles. The van der Waals surface area contributed by atoms with Crippen LogP contribution in [0.3, 0.4) is 0 Å². The van der Waals surface area contributed by atoms with Crippen molar-refractivity contribution >= 4 is 22.6 Å². The Labute approximate surface area is 139 Å². The van der Waals surface area contributed by atoms with E-state index in [0.717, 1.165) is 31.0 Å². The lowest BCUT2D eigenvalue weighted by Gasteiger charge is -2.35. The van der Waals surface area contributed by atoms with Gasteiger partial charge < -0.3 is 15.1 Å². The van der Waals surface area contributed by atoms with Crippen molar-refractivity contribution in [2.75, 3.05) is 43.9 Å². The molecule has 7 nitrogen and oxygen atoms in total. The molecule has 2 rings (SSSR count). The van der Waals surface area contributed by atoms with Gasteiger partial charge >= 0.3 is 6.03 Å². The maximum atomic E-state index is 12.2. The Kier molecular flexibility index (Phi) is 6.32. The Morgan fingerprint density at radius 2 is 1.96 bits per heavy atom. The van der Waals surface area contributed by atoms with E-state index < -0.39 is 10.8 Å². The molecule has 1 saturated heterocycles. The quantitative estimate of drug-likeness (QED) is 0.857. The van der Waals surface area contributed by atoms with E-state index in [1.165, 1.54) is 0 Å². The lowest BCUT2D eigenvalue weighted by Crippen LogP contribution is -2.52. The molecule has 1 aromatic rings. The molecule has 0 spiro atoms. The fourth-order valence-electron chi connectivity index (χ4n) is 2.49. The summed E-state index contributed by atoms with van der Waals surface area (Å²) < 4.78 is 11.3. The van der Waals surface area contributed by atoms with E-state index in [1.807, 2.05) is 18.7 Å². The van der Waals surface area contributed by atoms with Gasteiger partial charge in [0, 0.05) is 67.4 Å². The van der Waals surface area contributed by atoms with Gasteiger partial charge in [-0.3, -0.25) is 9.19 Å². The highest BCUT2D eigenvalue weighted by atomic mass is 32.2. The normalized spacial score (nSPS) is 17.7. The van der Waals surface area contributed by atoms with Gasteiger partial charge in [-0.1, -0.05) is 6.92 Å². The maximum Gasteiger partial charge on any atom is 0.317 e. The van der Waals surface area contributed by atoms with Crippen LogP contribution in [0.1, 0.15) is 19.0 Å². The van der Waals surface area contributed by atoms with E-state index in [-0.39, 0.29) is 11.3 Å². The number of aromatic nitrogens is 2. The minimum Gasteiger partial charge on any atom is -0.352 e. The van der Waals surface area contributed by atoms with Crippen LogP contribution in [0.5, 0.6) is 0 Å². The average Bonchev–Trinajstić information content (AvgIpc) is 2.55. The summed E-state index contributed by atoms with van der Waals surface area (Å²) in [6.45, 7) is 7.27. The molecule has 1 aliphatic heterocycles. The van der Waals surface area contributed by atoms with E-state index in [2.05, 4.69) is 20.2 Å². The van der Waals surface area contributed by atoms with Crippen molar-refractivity contribution in [1.29, 1.82) is 0 Å². The van der Waals surface area contributed by atoms with E-state index in [0.29, 0.717) is 19.6 Å². The van der Waals surface area contributed by atoms with Crippen molar-refractivity contribution in [3.63, 3.8) is 0 Å². The molecule has 2 unspecified atom stereocenters. The fourth-order valence-corrected chi connectivity index (χ4v) is 2.94. The van der Waals surface area contributed by atoms with Crippen LogP contribution in [0.15, 0.2) is 12.4 Å². The van der Waals surface area contributed by atoms with E-state index in [1.54, 1.807) is 18.6 Å². The summed E-state index contributed by atoms with van der Waals surface area (Å²) in [5.74, 6) is 0.895. The van der Waals surface area contributed by atoms with Crippen molar-refractivity contribution in [2.45, 2.75) is 25.5 Å². The first-order valence-electron chi connectivity index (χ1n) is 7.86. The van der Waals surface area contributed by atoms with Crippen LogP contribution in [0, 0.1) is 6.92 Å². The number of nitrogens with zero attached hydrogens (tertiary/aromatic N) is 4. The van der Waals surface area contributed by atoms with Crippen molar-refractivity contribution < 1.29 is 9.00 Å². The molecule has 1 aliphatic rings. The molecule has 128 valence electrons. The zero-order valence-corrected chi connectivity index (χ0v) is 14.8. The molecule has 0 saturated carbocycles. The van der Waals surface area contributed by atoms with Gasteiger partial charge in [-0.05, 0) is 13.3 Å². The number of rotatable bonds is 5. The van der Waals surface area contributed by atoms with Gasteiger partial charge in [-0.2, -0.15) is 0 Å². The topological polar surface area (TPSA) is 78.4 Å². The summed E-state index contributed by atoms with van der Waals surface area (Å²) >= 11 is 0. The second-order valence-electron chi connectivity index (χ2n) is 5.77. The van der Waals surface area contributed by atoms with Gasteiger partial charge in [-0.25, -0.2) is 9.78 Å². The van der Waals surface area contributed by atoms with Crippen LogP contribution in [0.2, 0.25) is 0 Å². The van der Waals surface area contributed by atoms with Crippen LogP contribution in [0.25, 0.3) is 0 Å². The highest BCUT2D eigenvalue weighted by molar-refractivity contribution is 7.84. The summed E-state index contributed by atoms with van der Waals surface area (Å²) in [4.78, 5) is 24.8. The second-order valence-corrected chi connectivity index (χ2v) is 7.57. The number of nitrogens with one attached hydrogen (secondary N) is 1. The standard InChI is InChI=1S/C15H25N5O2S/c1-12(23(3)22)4-5-18-15(21)20-10-8-19(9-11-20)14-13(2)16-6-7-17-14/h6-7,12H,4-5,8-11H2,1-3H3,(H,18,21). The molecule has 2 amide bonds. The Bertz CT molecular complexity index is 561. The molecule has 1 fully saturated rings. The molecule has 0 radical (unpaired) electrons. The third-order valence-corrected chi connectivity index (χ3v) is 5.48. The van der Waals surface area contributed by atoms with E-state index >= 15 is 0 Å². The molecule has 1 N–H and O–H groups in total. The molecule has 1 aromatic heterocycles. The van der Waals surface area contributed by atoms with Gasteiger partial charge in [0.25, 0.3) is 0 Å². The molecule has 0 aromatic carbocycles. The van der Waals surface area contributed by atoms with E-state index in [4.69, 9.17) is 0 Å². The van der Waals surface area contributed by atoms with Gasteiger partial charge in [0.2, 0.25) is 0 Å². The molecule has 0 bridgehead atoms. The van der Waals surface area contributed by atoms with Crippen LogP contribution in [-0.4, -0.2) is 69.3 Å². The number of anilines is 1. The second kappa shape index (κ2) is 8.24. The first kappa shape index (κ1) is 17.7. The third kappa shape index (κ3) is 4.89. The first-order chi connectivity index (χ1) is 11.0. The highest BCUT2D eigenvalue weighted by Crippen LogP contribution is 2.15. The molecular weight excluding hydrogens is 314 g/mol. The smallest absolute Gasteiger partial charge is 0.317 e. The first-order valence-corrected chi connectivity index (χ1v) is 9.48. The maximum absolute atomic E-state index is 12.2. The number of piperazine rings is 1. The average molecular weight is 339 g/mol. The molecular formula is C15H25N5O2S. The summed E-state index contributed by atoms with van der Waals surface area (Å²) in [6, 6.07) is -0.0467. The third-order valence-electron chi connectivity index (χ3n) is 4.12. The lowest BCUT2D eigenvalue weighted by atomic mass is 10.3. The van der Waals surface area contributed by atoms with Crippen LogP contribution >= 0.6 is 0 Å². The molecule has 2 heterocycles. The van der Waals surface area contributed by atoms with Gasteiger partial charge in [0.15, 0.2) is 0 Å². The van der Waals surface area contributed by atoms with Gasteiger partial charge in [-0.15, -0.1) is 0 Å². The molecule has 23 heavy (non-hydrogen) atoms. The van der Waals surface area contributed by atoms with Crippen molar-refractivity contribution in [2.24, 2.45) is 0 Å². The predicted octanol–water partition coefficient (Wildman–Crippen LogP) is 0.774. The van der Waals surface area contributed by atoms with Crippen molar-refractivity contribution in [1.82, 2.24) is 20.2 Å². The summed E-state index contributed by atoms with van der Waals surface area (Å²) in [6.07, 6.45) is 5.81. The van der Waals surface area contributed by atoms with Gasteiger partial charge in [0.1, 0.15) is 5.82 Å². The minimum absolute atomic E-state index is 0.0467. The number of hydrogen-bond acceptors (Lipinski definition) is 5. The summed E-state index contributed by atoms with van der Waals surface area (Å²) in [5.41, 5.74) is 0.909. The van der Waals surface area contributed by atoms with Gasteiger partial charge in [0.05, 0.1) is 5.69 Å². The number of aryl methyl sites for hydroxylation is 1. The Morgan fingerprint density at radius 1 is 1.30 bits per heavy atom. The zero-order valence-electron chi connectivity index (χ0n) is 14.0. The van der Waals surface area contributed by atoms with Crippen molar-refractivity contribution in [3.8, 4) is 0 Å². The Morgan fingerprint density at radius 3 is 2.57 bits per heavy atom. The fraction of sp³-hybridized carbons (Fsp3) is 0.667. The predicted molar refractivity (Wildman–Crippen MR) is 92.1 cm³/mol. The lowest BCUT2D eigenvalue weighted by molar-refractivity contribution is 0.194. The Hall–Kier alpha value is -1.70. The van der Waals surface area contributed by atoms with Crippen LogP contribution in [-0.2, 0) is 10.8 Å². The van der Waals surface area contributed by atoms with Crippen LogP contribution < -0.4 is 10.2 Å². The largest absolute Gasteiger partial charge is 0.352 e. The number of hydrogen-bond donors (Lipinski definition) is 1. The zero-order chi connectivity index (χ0) is 16.8. The summed E-state index contributed by atoms with van der Waals surface area (Å²) in [5, 5.41) is 3.01. The summed E-state index contributed by atoms with van der Waals surface area (Å²) in [7, 11) is -0.842.